The van der Waals surface area contributed by atoms with Gasteiger partial charge >= 0.3 is 0 Å². The molecule has 0 saturated heterocycles. The molecule has 0 aliphatic heterocycles. The maximum atomic E-state index is 3.21. The van der Waals surface area contributed by atoms with E-state index in [1.165, 1.54) is 21.6 Å². The quantitative estimate of drug-likeness (QED) is 0.415. The number of benzene rings is 1. The Kier molecular flexibility index (Phi) is 1.52. The second kappa shape index (κ2) is 2.82. The Morgan fingerprint density at radius 3 is 3.29 bits per heavy atom. The molecule has 0 unspecified atom stereocenters. The summed E-state index contributed by atoms with van der Waals surface area (Å²) in [5, 5.41) is 2.51. The average Bonchev–Trinajstić information content (AvgIpc) is 2.29. The second-order valence-electron chi connectivity index (χ2n) is 3.49. The normalized spacial score (nSPS) is 14.9. The highest BCUT2D eigenvalue weighted by molar-refractivity contribution is 5.64. The summed E-state index contributed by atoms with van der Waals surface area (Å²) in [6, 6.07) is 4.29. The molecule has 0 heterocycles. The van der Waals surface area contributed by atoms with Crippen molar-refractivity contribution >= 4 is 18.2 Å². The molecule has 0 atom stereocenters. The van der Waals surface area contributed by atoms with Gasteiger partial charge in [-0.15, -0.1) is 0 Å². The van der Waals surface area contributed by atoms with Crippen LogP contribution >= 0.6 is 0 Å². The van der Waals surface area contributed by atoms with Crippen LogP contribution in [0.25, 0.3) is 18.2 Å². The van der Waals surface area contributed by atoms with Gasteiger partial charge in [-0.1, -0.05) is 18.2 Å². The van der Waals surface area contributed by atoms with Crippen molar-refractivity contribution in [2.45, 2.75) is 6.42 Å². The third-order valence-corrected chi connectivity index (χ3v) is 2.67. The topological polar surface area (TPSA) is 0 Å². The van der Waals surface area contributed by atoms with Crippen LogP contribution in [0.3, 0.4) is 0 Å². The van der Waals surface area contributed by atoms with Crippen LogP contribution in [-0.2, 0) is 6.42 Å². The minimum atomic E-state index is 1.02. The van der Waals surface area contributed by atoms with Gasteiger partial charge in [0.2, 0.25) is 0 Å². The van der Waals surface area contributed by atoms with E-state index in [4.69, 9.17) is 0 Å². The Labute approximate surface area is 82.9 Å². The van der Waals surface area contributed by atoms with Crippen molar-refractivity contribution in [1.29, 1.82) is 0 Å². The van der Waals surface area contributed by atoms with Gasteiger partial charge in [-0.2, -0.15) is 0 Å². The van der Waals surface area contributed by atoms with Gasteiger partial charge < -0.3 is 0 Å². The Morgan fingerprint density at radius 2 is 2.29 bits per heavy atom. The zero-order valence-electron chi connectivity index (χ0n) is 7.75. The van der Waals surface area contributed by atoms with Crippen LogP contribution in [0.1, 0.15) is 11.1 Å². The first-order valence-corrected chi connectivity index (χ1v) is 4.78. The van der Waals surface area contributed by atoms with Gasteiger partial charge in [-0.3, -0.25) is 0 Å². The minimum absolute atomic E-state index is 1.02. The molecule has 0 N–H and O–H groups in total. The lowest BCUT2D eigenvalue weighted by atomic mass is 9.95. The van der Waals surface area contributed by atoms with E-state index >= 15 is 0 Å². The molecule has 1 aromatic rings. The van der Waals surface area contributed by atoms with Gasteiger partial charge in [0.05, 0.1) is 11.6 Å². The van der Waals surface area contributed by atoms with Crippen LogP contribution < -0.4 is 10.4 Å². The highest BCUT2D eigenvalue weighted by Gasteiger charge is 2.11. The monoisotopic (exact) mass is 177 g/mol. The highest BCUT2D eigenvalue weighted by atomic mass is 14.1. The Bertz CT molecular complexity index is 592. The van der Waals surface area contributed by atoms with Crippen LogP contribution in [0.15, 0.2) is 36.1 Å². The zero-order valence-corrected chi connectivity index (χ0v) is 7.75. The minimum Gasteiger partial charge on any atom is -0.0792 e. The largest absolute Gasteiger partial charge is 0.156 e. The predicted molar refractivity (Wildman–Crippen MR) is 59.0 cm³/mol. The molecular formula is C14H9+. The maximum absolute atomic E-state index is 3.21. The SMILES string of the molecule is C1=C[C+]=c2ccc3c(c2C=1)CC=CC=3. The molecule has 2 aliphatic rings. The van der Waals surface area contributed by atoms with Gasteiger partial charge in [-0.25, -0.2) is 0 Å². The summed E-state index contributed by atoms with van der Waals surface area (Å²) in [5.74, 6) is 0. The van der Waals surface area contributed by atoms with Crippen molar-refractivity contribution in [2.24, 2.45) is 0 Å². The molecule has 1 aromatic carbocycles. The summed E-state index contributed by atoms with van der Waals surface area (Å²) in [5.41, 5.74) is 5.78. The molecule has 0 bridgehead atoms. The molecule has 0 nitrogen and oxygen atoms in total. The van der Waals surface area contributed by atoms with Crippen LogP contribution in [0.5, 0.6) is 0 Å². The summed E-state index contributed by atoms with van der Waals surface area (Å²) >= 11 is 0. The summed E-state index contributed by atoms with van der Waals surface area (Å²) in [6.07, 6.45) is 14.6. The van der Waals surface area contributed by atoms with E-state index in [9.17, 15) is 0 Å². The number of hydrogen-bond donors (Lipinski definition) is 0. The van der Waals surface area contributed by atoms with E-state index < -0.39 is 0 Å². The van der Waals surface area contributed by atoms with Crippen LogP contribution in [0.4, 0.5) is 0 Å². The van der Waals surface area contributed by atoms with Gasteiger partial charge in [0.25, 0.3) is 0 Å². The molecule has 0 spiro atoms. The fourth-order valence-electron chi connectivity index (χ4n) is 1.96. The predicted octanol–water partition coefficient (Wildman–Crippen LogP) is 1.42. The van der Waals surface area contributed by atoms with Gasteiger partial charge in [0.15, 0.2) is 5.22 Å². The van der Waals surface area contributed by atoms with Crippen molar-refractivity contribution in [2.75, 3.05) is 0 Å². The summed E-state index contributed by atoms with van der Waals surface area (Å²) in [7, 11) is 0. The summed E-state index contributed by atoms with van der Waals surface area (Å²) < 4.78 is 0. The van der Waals surface area contributed by atoms with Crippen LogP contribution in [-0.4, -0.2) is 0 Å². The van der Waals surface area contributed by atoms with E-state index in [0.29, 0.717) is 0 Å². The molecule has 0 heteroatoms. The summed E-state index contributed by atoms with van der Waals surface area (Å²) in [4.78, 5) is 0. The number of rotatable bonds is 0. The van der Waals surface area contributed by atoms with Crippen molar-refractivity contribution < 1.29 is 0 Å². The Morgan fingerprint density at radius 1 is 1.29 bits per heavy atom. The number of hydrogen-bond acceptors (Lipinski definition) is 0. The molecule has 0 aromatic heterocycles. The van der Waals surface area contributed by atoms with E-state index in [2.05, 4.69) is 48.2 Å². The number of allylic oxidation sites excluding steroid dienone is 3. The van der Waals surface area contributed by atoms with Gasteiger partial charge in [0, 0.05) is 29.9 Å². The molecule has 0 fully saturated rings. The van der Waals surface area contributed by atoms with Crippen LogP contribution in [0.2, 0.25) is 0 Å². The Hall–Kier alpha value is -1.87. The van der Waals surface area contributed by atoms with Crippen molar-refractivity contribution in [1.82, 2.24) is 0 Å². The lowest BCUT2D eigenvalue weighted by Crippen LogP contribution is -2.20. The first-order chi connectivity index (χ1) is 6.95. The molecule has 3 rings (SSSR count). The molecule has 0 amide bonds. The lowest BCUT2D eigenvalue weighted by Gasteiger charge is -2.03. The lowest BCUT2D eigenvalue weighted by molar-refractivity contribution is 1.20. The average molecular weight is 177 g/mol. The zero-order chi connectivity index (χ0) is 9.38. The van der Waals surface area contributed by atoms with E-state index in [0.717, 1.165) is 6.42 Å². The van der Waals surface area contributed by atoms with Crippen LogP contribution in [0, 0.1) is 0 Å². The second-order valence-corrected chi connectivity index (χ2v) is 3.49. The Balaban J connectivity index is 2.45. The smallest absolute Gasteiger partial charge is 0.0792 e. The van der Waals surface area contributed by atoms with Crippen molar-refractivity contribution in [3.63, 3.8) is 0 Å². The molecule has 0 saturated carbocycles. The van der Waals surface area contributed by atoms with E-state index in [-0.39, 0.29) is 0 Å². The van der Waals surface area contributed by atoms with Gasteiger partial charge in [-0.05, 0) is 11.3 Å². The van der Waals surface area contributed by atoms with E-state index in [1.54, 1.807) is 0 Å². The molecule has 14 heavy (non-hydrogen) atoms. The third-order valence-electron chi connectivity index (χ3n) is 2.67. The van der Waals surface area contributed by atoms with Crippen molar-refractivity contribution in [3.05, 3.63) is 57.7 Å². The fourth-order valence-corrected chi connectivity index (χ4v) is 1.96. The molecular weight excluding hydrogens is 168 g/mol. The van der Waals surface area contributed by atoms with Crippen molar-refractivity contribution in [3.8, 4) is 0 Å². The maximum Gasteiger partial charge on any atom is 0.156 e. The molecule has 64 valence electrons. The number of fused-ring (bicyclic) bond motifs is 3. The first kappa shape index (κ1) is 7.53. The van der Waals surface area contributed by atoms with Gasteiger partial charge in [0.1, 0.15) is 6.08 Å². The fraction of sp³-hybridized carbons (Fsp3) is 0.0714. The van der Waals surface area contributed by atoms with E-state index in [1.807, 2.05) is 6.08 Å². The standard InChI is InChI=1S/C14H9/c1-3-7-13-11(5-1)9-10-12-6-2-4-8-14(12)13/h1-3,5,8-10H,7H2/q+1. The molecule has 0 radical (unpaired) electrons. The third kappa shape index (κ3) is 0.995. The first-order valence-electron chi connectivity index (χ1n) is 4.78. The highest BCUT2D eigenvalue weighted by Crippen LogP contribution is 2.07. The summed E-state index contributed by atoms with van der Waals surface area (Å²) in [6.45, 7) is 0. The molecule has 2 aliphatic carbocycles.